The van der Waals surface area contributed by atoms with Crippen molar-refractivity contribution in [2.45, 2.75) is 6.61 Å². The van der Waals surface area contributed by atoms with Crippen molar-refractivity contribution in [2.75, 3.05) is 12.8 Å². The summed E-state index contributed by atoms with van der Waals surface area (Å²) in [7, 11) is 1.57. The van der Waals surface area contributed by atoms with E-state index in [0.717, 1.165) is 11.6 Å². The zero-order valence-corrected chi connectivity index (χ0v) is 10.3. The highest BCUT2D eigenvalue weighted by Gasteiger charge is 2.14. The van der Waals surface area contributed by atoms with Crippen molar-refractivity contribution in [2.24, 2.45) is 0 Å². The molecule has 0 bridgehead atoms. The van der Waals surface area contributed by atoms with Crippen LogP contribution in [0, 0.1) is 11.6 Å². The first-order valence-electron chi connectivity index (χ1n) is 5.61. The third-order valence-corrected chi connectivity index (χ3v) is 2.51. The fourth-order valence-corrected chi connectivity index (χ4v) is 1.63. The highest BCUT2D eigenvalue weighted by molar-refractivity contribution is 5.55. The topological polar surface area (TPSA) is 44.5 Å². The zero-order valence-electron chi connectivity index (χ0n) is 10.3. The zero-order chi connectivity index (χ0) is 13.8. The Balaban J connectivity index is 2.31. The largest absolute Gasteiger partial charge is 0.452 e. The Morgan fingerprint density at radius 3 is 2.68 bits per heavy atom. The first-order valence-corrected chi connectivity index (χ1v) is 5.61. The van der Waals surface area contributed by atoms with Crippen LogP contribution in [0.15, 0.2) is 36.4 Å². The Labute approximate surface area is 109 Å². The Bertz CT molecular complexity index is 588. The lowest BCUT2D eigenvalue weighted by molar-refractivity contribution is 0.184. The summed E-state index contributed by atoms with van der Waals surface area (Å²) in [6.45, 7) is 0.401. The highest BCUT2D eigenvalue weighted by atomic mass is 19.2. The molecular weight excluding hydrogens is 252 g/mol. The summed E-state index contributed by atoms with van der Waals surface area (Å²) >= 11 is 0. The predicted molar refractivity (Wildman–Crippen MR) is 68.0 cm³/mol. The number of methoxy groups -OCH3 is 1. The van der Waals surface area contributed by atoms with Gasteiger partial charge in [-0.1, -0.05) is 12.1 Å². The van der Waals surface area contributed by atoms with Crippen LogP contribution in [-0.4, -0.2) is 7.11 Å². The molecule has 2 N–H and O–H groups in total. The fourth-order valence-electron chi connectivity index (χ4n) is 1.63. The number of halogens is 2. The average molecular weight is 265 g/mol. The molecular formula is C14H13F2NO2. The van der Waals surface area contributed by atoms with Gasteiger partial charge < -0.3 is 15.2 Å². The minimum Gasteiger partial charge on any atom is -0.452 e. The Morgan fingerprint density at radius 1 is 1.16 bits per heavy atom. The van der Waals surface area contributed by atoms with E-state index in [4.69, 9.17) is 15.2 Å². The third-order valence-electron chi connectivity index (χ3n) is 2.51. The van der Waals surface area contributed by atoms with Crippen molar-refractivity contribution < 1.29 is 18.3 Å². The van der Waals surface area contributed by atoms with Crippen molar-refractivity contribution in [3.63, 3.8) is 0 Å². The maximum atomic E-state index is 13.6. The second-order valence-electron chi connectivity index (χ2n) is 3.96. The third kappa shape index (κ3) is 3.00. The van der Waals surface area contributed by atoms with Crippen LogP contribution in [0.25, 0.3) is 0 Å². The van der Waals surface area contributed by atoms with E-state index in [1.54, 1.807) is 25.3 Å². The fraction of sp³-hybridized carbons (Fsp3) is 0.143. The van der Waals surface area contributed by atoms with Gasteiger partial charge in [-0.25, -0.2) is 4.39 Å². The average Bonchev–Trinajstić information content (AvgIpc) is 2.40. The molecule has 0 saturated heterocycles. The van der Waals surface area contributed by atoms with Gasteiger partial charge in [0.1, 0.15) is 5.75 Å². The molecule has 0 amide bonds. The van der Waals surface area contributed by atoms with Crippen LogP contribution in [0.4, 0.5) is 14.5 Å². The van der Waals surface area contributed by atoms with E-state index in [0.29, 0.717) is 12.4 Å². The van der Waals surface area contributed by atoms with Crippen molar-refractivity contribution >= 4 is 5.69 Å². The Hall–Kier alpha value is -2.14. The van der Waals surface area contributed by atoms with E-state index in [9.17, 15) is 8.78 Å². The number of hydrogen-bond acceptors (Lipinski definition) is 3. The molecule has 100 valence electrons. The lowest BCUT2D eigenvalue weighted by atomic mass is 10.2. The number of hydrogen-bond donors (Lipinski definition) is 1. The van der Waals surface area contributed by atoms with Gasteiger partial charge in [0.15, 0.2) is 11.6 Å². The number of benzene rings is 2. The summed E-state index contributed by atoms with van der Waals surface area (Å²) in [5.41, 5.74) is 6.47. The van der Waals surface area contributed by atoms with Crippen LogP contribution in [0.5, 0.6) is 11.5 Å². The molecule has 0 aliphatic carbocycles. The van der Waals surface area contributed by atoms with E-state index in [1.807, 2.05) is 6.07 Å². The minimum atomic E-state index is -1.10. The lowest BCUT2D eigenvalue weighted by Gasteiger charge is -2.10. The molecule has 0 aliphatic heterocycles. The van der Waals surface area contributed by atoms with Crippen molar-refractivity contribution in [3.05, 3.63) is 53.6 Å². The van der Waals surface area contributed by atoms with Gasteiger partial charge in [0.25, 0.3) is 0 Å². The van der Waals surface area contributed by atoms with Crippen molar-refractivity contribution in [1.29, 1.82) is 0 Å². The Kier molecular flexibility index (Phi) is 3.97. The van der Waals surface area contributed by atoms with Crippen LogP contribution < -0.4 is 10.5 Å². The maximum absolute atomic E-state index is 13.6. The molecule has 19 heavy (non-hydrogen) atoms. The number of rotatable bonds is 4. The van der Waals surface area contributed by atoms with Crippen LogP contribution in [0.3, 0.4) is 0 Å². The molecule has 0 fully saturated rings. The molecule has 0 radical (unpaired) electrons. The molecule has 0 atom stereocenters. The first-order chi connectivity index (χ1) is 9.11. The number of nitrogens with two attached hydrogens (primary N) is 1. The summed E-state index contributed by atoms with van der Waals surface area (Å²) in [5.74, 6) is -2.05. The Morgan fingerprint density at radius 2 is 1.95 bits per heavy atom. The van der Waals surface area contributed by atoms with Crippen LogP contribution >= 0.6 is 0 Å². The van der Waals surface area contributed by atoms with Gasteiger partial charge >= 0.3 is 0 Å². The van der Waals surface area contributed by atoms with Crippen LogP contribution in [0.2, 0.25) is 0 Å². The standard InChI is InChI=1S/C14H13F2NO2/c1-18-8-9-3-2-4-10(7-9)19-14-12(17)6-5-11(15)13(14)16/h2-7H,8,17H2,1H3. The normalized spacial score (nSPS) is 10.5. The van der Waals surface area contributed by atoms with E-state index in [1.165, 1.54) is 6.07 Å². The monoisotopic (exact) mass is 265 g/mol. The summed E-state index contributed by atoms with van der Waals surface area (Å²) < 4.78 is 37.0. The SMILES string of the molecule is COCc1cccc(Oc2c(N)ccc(F)c2F)c1. The van der Waals surface area contributed by atoms with Gasteiger partial charge in [0, 0.05) is 7.11 Å². The summed E-state index contributed by atoms with van der Waals surface area (Å²) in [5, 5.41) is 0. The van der Waals surface area contributed by atoms with Crippen molar-refractivity contribution in [1.82, 2.24) is 0 Å². The molecule has 2 aromatic carbocycles. The van der Waals surface area contributed by atoms with Gasteiger partial charge in [0.2, 0.25) is 5.82 Å². The molecule has 2 rings (SSSR count). The van der Waals surface area contributed by atoms with Crippen molar-refractivity contribution in [3.8, 4) is 11.5 Å². The van der Waals surface area contributed by atoms with Gasteiger partial charge in [0.05, 0.1) is 12.3 Å². The summed E-state index contributed by atoms with van der Waals surface area (Å²) in [6.07, 6.45) is 0. The van der Waals surface area contributed by atoms with E-state index < -0.39 is 11.6 Å². The highest BCUT2D eigenvalue weighted by Crippen LogP contribution is 2.32. The molecule has 0 unspecified atom stereocenters. The van der Waals surface area contributed by atoms with E-state index >= 15 is 0 Å². The minimum absolute atomic E-state index is 0.0380. The maximum Gasteiger partial charge on any atom is 0.203 e. The van der Waals surface area contributed by atoms with E-state index in [2.05, 4.69) is 0 Å². The molecule has 0 aliphatic rings. The van der Waals surface area contributed by atoms with Crippen LogP contribution in [-0.2, 0) is 11.3 Å². The second-order valence-corrected chi connectivity index (χ2v) is 3.96. The quantitative estimate of drug-likeness (QED) is 0.861. The van der Waals surface area contributed by atoms with Gasteiger partial charge in [-0.2, -0.15) is 4.39 Å². The molecule has 0 aromatic heterocycles. The van der Waals surface area contributed by atoms with Gasteiger partial charge in [-0.15, -0.1) is 0 Å². The second kappa shape index (κ2) is 5.67. The van der Waals surface area contributed by atoms with Gasteiger partial charge in [-0.05, 0) is 29.8 Å². The smallest absolute Gasteiger partial charge is 0.203 e. The molecule has 0 heterocycles. The summed E-state index contributed by atoms with van der Waals surface area (Å²) in [4.78, 5) is 0. The number of anilines is 1. The molecule has 0 spiro atoms. The predicted octanol–water partition coefficient (Wildman–Crippen LogP) is 3.49. The van der Waals surface area contributed by atoms with E-state index in [-0.39, 0.29) is 11.4 Å². The number of ether oxygens (including phenoxy) is 2. The molecule has 2 aromatic rings. The molecule has 0 saturated carbocycles. The molecule has 3 nitrogen and oxygen atoms in total. The van der Waals surface area contributed by atoms with Crippen LogP contribution in [0.1, 0.15) is 5.56 Å². The summed E-state index contributed by atoms with van der Waals surface area (Å²) in [6, 6.07) is 9.08. The number of nitrogen functional groups attached to an aromatic ring is 1. The molecule has 5 heteroatoms. The first kappa shape index (κ1) is 13.3. The lowest BCUT2D eigenvalue weighted by Crippen LogP contribution is -1.98. The van der Waals surface area contributed by atoms with Gasteiger partial charge in [-0.3, -0.25) is 0 Å².